The van der Waals surface area contributed by atoms with Crippen molar-refractivity contribution in [1.82, 2.24) is 4.90 Å². The van der Waals surface area contributed by atoms with Gasteiger partial charge in [0.2, 0.25) is 5.91 Å². The zero-order valence-electron chi connectivity index (χ0n) is 13.5. The molecular weight excluding hydrogens is 312 g/mol. The summed E-state index contributed by atoms with van der Waals surface area (Å²) in [4.78, 5) is 13.8. The van der Waals surface area contributed by atoms with Gasteiger partial charge in [-0.15, -0.1) is 12.4 Å². The number of aryl methyl sites for hydroxylation is 1. The van der Waals surface area contributed by atoms with Gasteiger partial charge in [-0.3, -0.25) is 4.79 Å². The third-order valence-electron chi connectivity index (χ3n) is 3.48. The fourth-order valence-electron chi connectivity index (χ4n) is 2.00. The summed E-state index contributed by atoms with van der Waals surface area (Å²) in [5.41, 5.74) is 8.50. The van der Waals surface area contributed by atoms with Crippen LogP contribution in [0.2, 0.25) is 0 Å². The first-order valence-corrected chi connectivity index (χ1v) is 7.32. The summed E-state index contributed by atoms with van der Waals surface area (Å²) in [7, 11) is 1.79. The van der Waals surface area contributed by atoms with Gasteiger partial charge in [-0.2, -0.15) is 0 Å². The minimum absolute atomic E-state index is 0. The molecule has 5 heteroatoms. The number of likely N-dealkylation sites (N-methyl/N-ethyl adjacent to an activating group) is 1. The van der Waals surface area contributed by atoms with E-state index in [1.807, 2.05) is 55.5 Å². The number of nitrogens with zero attached hydrogens (tertiary/aromatic N) is 1. The molecule has 0 aliphatic heterocycles. The number of nitrogens with two attached hydrogens (primary N) is 1. The Balaban J connectivity index is 0.00000264. The van der Waals surface area contributed by atoms with E-state index in [1.165, 1.54) is 5.56 Å². The lowest BCUT2D eigenvalue weighted by Crippen LogP contribution is -2.32. The van der Waals surface area contributed by atoms with Crippen LogP contribution in [0.25, 0.3) is 0 Å². The standard InChI is InChI=1S/C18H22N2O2.ClH/c1-14-3-9-17(10-4-14)22-12-11-20(2)18(21)13-15-5-7-16(19)8-6-15;/h3-10H,11-13,19H2,1-2H3;1H. The number of benzene rings is 2. The molecule has 0 radical (unpaired) electrons. The fourth-order valence-corrected chi connectivity index (χ4v) is 2.00. The Kier molecular flexibility index (Phi) is 7.42. The second kappa shape index (κ2) is 9.06. The molecule has 0 aromatic heterocycles. The predicted molar refractivity (Wildman–Crippen MR) is 96.1 cm³/mol. The van der Waals surface area contributed by atoms with Crippen LogP contribution in [-0.2, 0) is 11.2 Å². The van der Waals surface area contributed by atoms with Crippen LogP contribution >= 0.6 is 12.4 Å². The quantitative estimate of drug-likeness (QED) is 0.826. The van der Waals surface area contributed by atoms with Crippen molar-refractivity contribution in [2.75, 3.05) is 25.9 Å². The lowest BCUT2D eigenvalue weighted by Gasteiger charge is -2.17. The van der Waals surface area contributed by atoms with E-state index in [9.17, 15) is 4.79 Å². The van der Waals surface area contributed by atoms with E-state index < -0.39 is 0 Å². The first-order chi connectivity index (χ1) is 10.5. The zero-order valence-corrected chi connectivity index (χ0v) is 14.3. The van der Waals surface area contributed by atoms with Crippen molar-refractivity contribution >= 4 is 24.0 Å². The van der Waals surface area contributed by atoms with Gasteiger partial charge in [-0.05, 0) is 36.8 Å². The summed E-state index contributed by atoms with van der Waals surface area (Å²) >= 11 is 0. The Hall–Kier alpha value is -2.20. The minimum atomic E-state index is 0. The SMILES string of the molecule is Cc1ccc(OCCN(C)C(=O)Cc2ccc(N)cc2)cc1.Cl. The Morgan fingerprint density at radius 1 is 1.09 bits per heavy atom. The highest BCUT2D eigenvalue weighted by Crippen LogP contribution is 2.11. The molecule has 2 N–H and O–H groups in total. The van der Waals surface area contributed by atoms with E-state index in [-0.39, 0.29) is 18.3 Å². The largest absolute Gasteiger partial charge is 0.492 e. The highest BCUT2D eigenvalue weighted by Gasteiger charge is 2.09. The Bertz CT molecular complexity index is 612. The van der Waals surface area contributed by atoms with Gasteiger partial charge in [0.25, 0.3) is 0 Å². The summed E-state index contributed by atoms with van der Waals surface area (Å²) in [6.45, 7) is 3.07. The molecule has 23 heavy (non-hydrogen) atoms. The monoisotopic (exact) mass is 334 g/mol. The minimum Gasteiger partial charge on any atom is -0.492 e. The molecule has 2 rings (SSSR count). The van der Waals surface area contributed by atoms with Crippen molar-refractivity contribution in [1.29, 1.82) is 0 Å². The molecule has 1 amide bonds. The topological polar surface area (TPSA) is 55.6 Å². The molecule has 2 aromatic rings. The van der Waals surface area contributed by atoms with Crippen LogP contribution in [0.3, 0.4) is 0 Å². The average Bonchev–Trinajstić information content (AvgIpc) is 2.51. The molecule has 0 bridgehead atoms. The molecule has 4 nitrogen and oxygen atoms in total. The van der Waals surface area contributed by atoms with Crippen molar-refractivity contribution in [3.63, 3.8) is 0 Å². The first-order valence-electron chi connectivity index (χ1n) is 7.32. The van der Waals surface area contributed by atoms with Gasteiger partial charge < -0.3 is 15.4 Å². The van der Waals surface area contributed by atoms with E-state index in [2.05, 4.69) is 0 Å². The maximum atomic E-state index is 12.1. The van der Waals surface area contributed by atoms with E-state index in [0.29, 0.717) is 25.3 Å². The number of anilines is 1. The van der Waals surface area contributed by atoms with Crippen LogP contribution in [-0.4, -0.2) is 31.0 Å². The number of rotatable bonds is 6. The number of ether oxygens (including phenoxy) is 1. The summed E-state index contributed by atoms with van der Waals surface area (Å²) in [6, 6.07) is 15.3. The van der Waals surface area contributed by atoms with Crippen molar-refractivity contribution in [3.8, 4) is 5.75 Å². The number of nitrogen functional groups attached to an aromatic ring is 1. The first kappa shape index (κ1) is 18.8. The summed E-state index contributed by atoms with van der Waals surface area (Å²) in [5.74, 6) is 0.891. The van der Waals surface area contributed by atoms with Crippen LogP contribution < -0.4 is 10.5 Å². The van der Waals surface area contributed by atoms with Gasteiger partial charge in [0.15, 0.2) is 0 Å². The second-order valence-corrected chi connectivity index (χ2v) is 5.40. The van der Waals surface area contributed by atoms with Crippen LogP contribution in [0.4, 0.5) is 5.69 Å². The molecule has 0 saturated carbocycles. The highest BCUT2D eigenvalue weighted by molar-refractivity contribution is 5.85. The lowest BCUT2D eigenvalue weighted by atomic mass is 10.1. The summed E-state index contributed by atoms with van der Waals surface area (Å²) in [6.07, 6.45) is 0.376. The van der Waals surface area contributed by atoms with Crippen LogP contribution in [0.5, 0.6) is 5.75 Å². The van der Waals surface area contributed by atoms with Gasteiger partial charge in [-0.25, -0.2) is 0 Å². The molecule has 0 aliphatic carbocycles. The van der Waals surface area contributed by atoms with Gasteiger partial charge in [0, 0.05) is 12.7 Å². The summed E-state index contributed by atoms with van der Waals surface area (Å²) < 4.78 is 5.64. The number of carbonyl (C=O) groups is 1. The molecule has 0 atom stereocenters. The second-order valence-electron chi connectivity index (χ2n) is 5.40. The smallest absolute Gasteiger partial charge is 0.226 e. The van der Waals surface area contributed by atoms with Crippen LogP contribution in [0, 0.1) is 6.92 Å². The van der Waals surface area contributed by atoms with Crippen molar-refractivity contribution in [2.24, 2.45) is 0 Å². The van der Waals surface area contributed by atoms with Gasteiger partial charge in [-0.1, -0.05) is 29.8 Å². The summed E-state index contributed by atoms with van der Waals surface area (Å²) in [5, 5.41) is 0. The van der Waals surface area contributed by atoms with Gasteiger partial charge >= 0.3 is 0 Å². The Morgan fingerprint density at radius 2 is 1.70 bits per heavy atom. The van der Waals surface area contributed by atoms with Gasteiger partial charge in [0.1, 0.15) is 12.4 Å². The predicted octanol–water partition coefficient (Wildman–Crippen LogP) is 3.08. The van der Waals surface area contributed by atoms with Crippen molar-refractivity contribution < 1.29 is 9.53 Å². The van der Waals surface area contributed by atoms with Gasteiger partial charge in [0.05, 0.1) is 13.0 Å². The number of carbonyl (C=O) groups excluding carboxylic acids is 1. The molecule has 2 aromatic carbocycles. The molecule has 0 aliphatic rings. The molecule has 0 spiro atoms. The zero-order chi connectivity index (χ0) is 15.9. The molecular formula is C18H23ClN2O2. The maximum Gasteiger partial charge on any atom is 0.226 e. The van der Waals surface area contributed by atoms with E-state index in [4.69, 9.17) is 10.5 Å². The van der Waals surface area contributed by atoms with Crippen molar-refractivity contribution in [2.45, 2.75) is 13.3 Å². The Morgan fingerprint density at radius 3 is 2.30 bits per heavy atom. The normalized spacial score (nSPS) is 9.83. The molecule has 0 heterocycles. The average molecular weight is 335 g/mol. The number of hydrogen-bond donors (Lipinski definition) is 1. The lowest BCUT2D eigenvalue weighted by molar-refractivity contribution is -0.129. The number of halogens is 1. The van der Waals surface area contributed by atoms with E-state index in [0.717, 1.165) is 11.3 Å². The molecule has 0 unspecified atom stereocenters. The van der Waals surface area contributed by atoms with Crippen molar-refractivity contribution in [3.05, 3.63) is 59.7 Å². The fraction of sp³-hybridized carbons (Fsp3) is 0.278. The Labute approximate surface area is 143 Å². The molecule has 0 fully saturated rings. The third kappa shape index (κ3) is 6.20. The third-order valence-corrected chi connectivity index (χ3v) is 3.48. The van der Waals surface area contributed by atoms with E-state index in [1.54, 1.807) is 11.9 Å². The van der Waals surface area contributed by atoms with Crippen LogP contribution in [0.1, 0.15) is 11.1 Å². The number of hydrogen-bond acceptors (Lipinski definition) is 3. The maximum absolute atomic E-state index is 12.1. The number of amides is 1. The van der Waals surface area contributed by atoms with E-state index >= 15 is 0 Å². The van der Waals surface area contributed by atoms with Crippen LogP contribution in [0.15, 0.2) is 48.5 Å². The molecule has 0 saturated heterocycles. The molecule has 124 valence electrons. The highest BCUT2D eigenvalue weighted by atomic mass is 35.5.